The summed E-state index contributed by atoms with van der Waals surface area (Å²) in [6.45, 7) is 3.55. The quantitative estimate of drug-likeness (QED) is 0.671. The Bertz CT molecular complexity index is 649. The number of fused-ring (bicyclic) bond motifs is 1. The fraction of sp³-hybridized carbons (Fsp3) is 0. The molecule has 0 bridgehead atoms. The Morgan fingerprint density at radius 3 is 2.58 bits per heavy atom. The van der Waals surface area contributed by atoms with E-state index in [1.54, 1.807) is 48.6 Å². The minimum Gasteiger partial charge on any atom is -0.289 e. The Hall–Kier alpha value is -2.13. The van der Waals surface area contributed by atoms with Gasteiger partial charge in [0, 0.05) is 21.6 Å². The Labute approximate surface area is 117 Å². The van der Waals surface area contributed by atoms with E-state index in [4.69, 9.17) is 0 Å². The number of hydrogen-bond acceptors (Lipinski definition) is 3. The van der Waals surface area contributed by atoms with Crippen LogP contribution in [0.2, 0.25) is 0 Å². The lowest BCUT2D eigenvalue weighted by Crippen LogP contribution is -2.15. The Morgan fingerprint density at radius 1 is 1.05 bits per heavy atom. The average molecular weight is 268 g/mol. The molecular formula is C16H12O2S. The summed E-state index contributed by atoms with van der Waals surface area (Å²) in [7, 11) is 0. The molecule has 1 aliphatic rings. The lowest BCUT2D eigenvalue weighted by Gasteiger charge is -2.12. The van der Waals surface area contributed by atoms with Crippen LogP contribution in [0, 0.1) is 0 Å². The first-order valence-electron chi connectivity index (χ1n) is 5.73. The monoisotopic (exact) mass is 268 g/mol. The van der Waals surface area contributed by atoms with Gasteiger partial charge in [-0.1, -0.05) is 37.0 Å². The van der Waals surface area contributed by atoms with Gasteiger partial charge in [0.15, 0.2) is 11.6 Å². The SMILES string of the molecule is C=CC=CC=CC1=CC(=O)c2cc(S)ccc2C1=O. The van der Waals surface area contributed by atoms with Crippen molar-refractivity contribution in [3.05, 3.63) is 77.9 Å². The summed E-state index contributed by atoms with van der Waals surface area (Å²) in [6, 6.07) is 4.96. The van der Waals surface area contributed by atoms with E-state index in [1.807, 2.05) is 0 Å². The van der Waals surface area contributed by atoms with E-state index in [-0.39, 0.29) is 11.6 Å². The number of ketones is 2. The van der Waals surface area contributed by atoms with Gasteiger partial charge in [0.25, 0.3) is 0 Å². The zero-order valence-corrected chi connectivity index (χ0v) is 11.1. The molecule has 19 heavy (non-hydrogen) atoms. The molecule has 0 spiro atoms. The number of allylic oxidation sites excluding steroid dienone is 7. The molecule has 0 unspecified atom stereocenters. The second-order valence-electron chi connectivity index (χ2n) is 4.00. The smallest absolute Gasteiger partial charge is 0.193 e. The summed E-state index contributed by atoms with van der Waals surface area (Å²) in [5.74, 6) is -0.316. The molecule has 3 heteroatoms. The second kappa shape index (κ2) is 5.67. The van der Waals surface area contributed by atoms with Crippen LogP contribution in [-0.4, -0.2) is 11.6 Å². The van der Waals surface area contributed by atoms with Gasteiger partial charge in [0.1, 0.15) is 0 Å². The molecule has 1 aromatic carbocycles. The third kappa shape index (κ3) is 2.83. The third-order valence-corrected chi connectivity index (χ3v) is 2.97. The normalized spacial score (nSPS) is 14.9. The number of Topliss-reactive ketones (excluding diaryl/α,β-unsaturated/α-hetero) is 1. The summed E-state index contributed by atoms with van der Waals surface area (Å²) in [6.07, 6.45) is 9.81. The van der Waals surface area contributed by atoms with E-state index in [0.717, 1.165) is 0 Å². The topological polar surface area (TPSA) is 34.1 Å². The van der Waals surface area contributed by atoms with Crippen LogP contribution >= 0.6 is 12.6 Å². The van der Waals surface area contributed by atoms with E-state index < -0.39 is 0 Å². The van der Waals surface area contributed by atoms with Crippen LogP contribution in [-0.2, 0) is 0 Å². The molecule has 0 radical (unpaired) electrons. The molecule has 0 atom stereocenters. The highest BCUT2D eigenvalue weighted by atomic mass is 32.1. The molecule has 94 valence electrons. The van der Waals surface area contributed by atoms with Gasteiger partial charge in [-0.3, -0.25) is 9.59 Å². The zero-order chi connectivity index (χ0) is 13.8. The van der Waals surface area contributed by atoms with Crippen molar-refractivity contribution in [3.63, 3.8) is 0 Å². The number of thiol groups is 1. The Kier molecular flexibility index (Phi) is 3.97. The van der Waals surface area contributed by atoms with E-state index in [1.165, 1.54) is 6.08 Å². The number of hydrogen-bond donors (Lipinski definition) is 1. The first-order valence-corrected chi connectivity index (χ1v) is 6.17. The van der Waals surface area contributed by atoms with Crippen molar-refractivity contribution in [2.75, 3.05) is 0 Å². The summed E-state index contributed by atoms with van der Waals surface area (Å²) in [5, 5.41) is 0. The highest BCUT2D eigenvalue weighted by Gasteiger charge is 2.23. The Balaban J connectivity index is 2.37. The largest absolute Gasteiger partial charge is 0.289 e. The van der Waals surface area contributed by atoms with E-state index in [0.29, 0.717) is 21.6 Å². The van der Waals surface area contributed by atoms with Crippen molar-refractivity contribution in [1.82, 2.24) is 0 Å². The van der Waals surface area contributed by atoms with Gasteiger partial charge in [-0.15, -0.1) is 12.6 Å². The van der Waals surface area contributed by atoms with Gasteiger partial charge < -0.3 is 0 Å². The van der Waals surface area contributed by atoms with Gasteiger partial charge in [0.05, 0.1) is 0 Å². The van der Waals surface area contributed by atoms with Crippen LogP contribution in [0.5, 0.6) is 0 Å². The van der Waals surface area contributed by atoms with Crippen molar-refractivity contribution in [3.8, 4) is 0 Å². The van der Waals surface area contributed by atoms with Crippen LogP contribution in [0.4, 0.5) is 0 Å². The molecule has 1 aliphatic carbocycles. The molecule has 0 amide bonds. The maximum absolute atomic E-state index is 12.2. The van der Waals surface area contributed by atoms with E-state index in [2.05, 4.69) is 19.2 Å². The van der Waals surface area contributed by atoms with Crippen molar-refractivity contribution >= 4 is 24.2 Å². The van der Waals surface area contributed by atoms with Crippen LogP contribution in [0.3, 0.4) is 0 Å². The summed E-state index contributed by atoms with van der Waals surface area (Å²) in [5.41, 5.74) is 1.23. The number of rotatable bonds is 3. The fourth-order valence-corrected chi connectivity index (χ4v) is 2.00. The molecule has 0 aromatic heterocycles. The number of benzene rings is 1. The van der Waals surface area contributed by atoms with E-state index >= 15 is 0 Å². The zero-order valence-electron chi connectivity index (χ0n) is 10.2. The molecule has 0 heterocycles. The predicted molar refractivity (Wildman–Crippen MR) is 78.9 cm³/mol. The fourth-order valence-electron chi connectivity index (χ4n) is 1.80. The van der Waals surface area contributed by atoms with Crippen LogP contribution in [0.15, 0.2) is 71.7 Å². The summed E-state index contributed by atoms with van der Waals surface area (Å²) >= 11 is 4.17. The molecule has 0 saturated carbocycles. The minimum atomic E-state index is -0.169. The lowest BCUT2D eigenvalue weighted by atomic mass is 9.89. The average Bonchev–Trinajstić information content (AvgIpc) is 2.40. The van der Waals surface area contributed by atoms with Crippen molar-refractivity contribution in [2.24, 2.45) is 0 Å². The van der Waals surface area contributed by atoms with E-state index in [9.17, 15) is 9.59 Å². The predicted octanol–water partition coefficient (Wildman–Crippen LogP) is 3.58. The minimum absolute atomic E-state index is 0.147. The molecular weight excluding hydrogens is 256 g/mol. The first kappa shape index (κ1) is 13.3. The molecule has 2 rings (SSSR count). The van der Waals surface area contributed by atoms with Crippen molar-refractivity contribution in [2.45, 2.75) is 4.90 Å². The van der Waals surface area contributed by atoms with Crippen LogP contribution in [0.1, 0.15) is 20.7 Å². The van der Waals surface area contributed by atoms with Gasteiger partial charge in [-0.25, -0.2) is 0 Å². The first-order chi connectivity index (χ1) is 9.13. The summed E-state index contributed by atoms with van der Waals surface area (Å²) in [4.78, 5) is 24.8. The van der Waals surface area contributed by atoms with Crippen LogP contribution < -0.4 is 0 Å². The molecule has 2 nitrogen and oxygen atoms in total. The third-order valence-electron chi connectivity index (χ3n) is 2.70. The highest BCUT2D eigenvalue weighted by Crippen LogP contribution is 2.24. The number of carbonyl (C=O) groups excluding carboxylic acids is 2. The van der Waals surface area contributed by atoms with Gasteiger partial charge in [-0.2, -0.15) is 0 Å². The number of carbonyl (C=O) groups is 2. The van der Waals surface area contributed by atoms with Gasteiger partial charge >= 0.3 is 0 Å². The molecule has 0 N–H and O–H groups in total. The lowest BCUT2D eigenvalue weighted by molar-refractivity contribution is 0.0987. The van der Waals surface area contributed by atoms with Crippen LogP contribution in [0.25, 0.3) is 0 Å². The molecule has 1 aromatic rings. The molecule has 0 fully saturated rings. The van der Waals surface area contributed by atoms with Gasteiger partial charge in [-0.05, 0) is 24.3 Å². The molecule has 0 saturated heterocycles. The van der Waals surface area contributed by atoms with Crippen molar-refractivity contribution in [1.29, 1.82) is 0 Å². The maximum atomic E-state index is 12.2. The maximum Gasteiger partial charge on any atom is 0.193 e. The van der Waals surface area contributed by atoms with Crippen molar-refractivity contribution < 1.29 is 9.59 Å². The standard InChI is InChI=1S/C16H12O2S/c1-2-3-4-5-6-11-9-15(17)14-10-12(19)7-8-13(14)16(11)18/h2-10,19H,1H2. The highest BCUT2D eigenvalue weighted by molar-refractivity contribution is 7.80. The van der Waals surface area contributed by atoms with Gasteiger partial charge in [0.2, 0.25) is 0 Å². The summed E-state index contributed by atoms with van der Waals surface area (Å²) < 4.78 is 0. The molecule has 0 aliphatic heterocycles. The second-order valence-corrected chi connectivity index (χ2v) is 4.52. The Morgan fingerprint density at radius 2 is 1.84 bits per heavy atom.